The van der Waals surface area contributed by atoms with Gasteiger partial charge in [-0.25, -0.2) is 0 Å². The second-order valence-corrected chi connectivity index (χ2v) is 4.61. The van der Waals surface area contributed by atoms with Crippen LogP contribution in [0.4, 0.5) is 0 Å². The van der Waals surface area contributed by atoms with Crippen LogP contribution in [0.3, 0.4) is 0 Å². The number of rotatable bonds is 1. The van der Waals surface area contributed by atoms with E-state index in [-0.39, 0.29) is 0 Å². The Bertz CT molecular complexity index is 394. The molecule has 0 aromatic heterocycles. The minimum Gasteiger partial charge on any atom is -0.493 e. The zero-order valence-corrected chi connectivity index (χ0v) is 9.24. The summed E-state index contributed by atoms with van der Waals surface area (Å²) in [4.78, 5) is 0. The molecule has 0 spiro atoms. The zero-order chi connectivity index (χ0) is 11.0. The van der Waals surface area contributed by atoms with Gasteiger partial charge in [-0.3, -0.25) is 0 Å². The predicted octanol–water partition coefficient (Wildman–Crippen LogP) is 1.62. The van der Waals surface area contributed by atoms with E-state index in [9.17, 15) is 5.11 Å². The minimum atomic E-state index is -0.796. The van der Waals surface area contributed by atoms with Gasteiger partial charge in [0.25, 0.3) is 0 Å². The van der Waals surface area contributed by atoms with Crippen molar-refractivity contribution in [3.63, 3.8) is 0 Å². The Morgan fingerprint density at radius 3 is 3.00 bits per heavy atom. The average Bonchev–Trinajstić information content (AvgIpc) is 2.77. The first kappa shape index (κ1) is 10.1. The van der Waals surface area contributed by atoms with Crippen LogP contribution in [-0.4, -0.2) is 24.9 Å². The van der Waals surface area contributed by atoms with Gasteiger partial charge >= 0.3 is 0 Å². The van der Waals surface area contributed by atoms with E-state index < -0.39 is 5.60 Å². The third-order valence-electron chi connectivity index (χ3n) is 3.45. The van der Waals surface area contributed by atoms with Gasteiger partial charge in [-0.1, -0.05) is 6.07 Å². The highest BCUT2D eigenvalue weighted by Gasteiger charge is 2.32. The van der Waals surface area contributed by atoms with E-state index in [0.717, 1.165) is 43.8 Å². The molecule has 1 N–H and O–H groups in total. The first-order chi connectivity index (χ1) is 7.78. The van der Waals surface area contributed by atoms with Crippen molar-refractivity contribution in [3.8, 4) is 5.75 Å². The lowest BCUT2D eigenvalue weighted by atomic mass is 9.87. The molecule has 2 aliphatic heterocycles. The van der Waals surface area contributed by atoms with Crippen molar-refractivity contribution >= 4 is 0 Å². The number of hydrogen-bond acceptors (Lipinski definition) is 3. The number of fused-ring (bicyclic) bond motifs is 1. The fourth-order valence-corrected chi connectivity index (χ4v) is 2.48. The predicted molar refractivity (Wildman–Crippen MR) is 59.6 cm³/mol. The highest BCUT2D eigenvalue weighted by molar-refractivity contribution is 5.41. The summed E-state index contributed by atoms with van der Waals surface area (Å²) in [6, 6.07) is 5.99. The fraction of sp³-hybridized carbons (Fsp3) is 0.538. The quantitative estimate of drug-likeness (QED) is 0.781. The number of aliphatic hydroxyl groups is 1. The summed E-state index contributed by atoms with van der Waals surface area (Å²) in [5.74, 6) is 0.962. The molecule has 3 heteroatoms. The summed E-state index contributed by atoms with van der Waals surface area (Å²) in [5.41, 5.74) is 1.38. The van der Waals surface area contributed by atoms with Crippen LogP contribution in [0.2, 0.25) is 0 Å². The van der Waals surface area contributed by atoms with E-state index in [1.165, 1.54) is 5.56 Å². The topological polar surface area (TPSA) is 38.7 Å². The molecule has 0 saturated carbocycles. The molecule has 0 radical (unpaired) electrons. The molecule has 0 bridgehead atoms. The van der Waals surface area contributed by atoms with Gasteiger partial charge in [0.15, 0.2) is 0 Å². The van der Waals surface area contributed by atoms with Crippen LogP contribution < -0.4 is 4.74 Å². The van der Waals surface area contributed by atoms with Gasteiger partial charge in [-0.15, -0.1) is 0 Å². The Hall–Kier alpha value is -1.06. The van der Waals surface area contributed by atoms with Crippen molar-refractivity contribution in [2.24, 2.45) is 0 Å². The Kier molecular flexibility index (Phi) is 2.37. The summed E-state index contributed by atoms with van der Waals surface area (Å²) >= 11 is 0. The second kappa shape index (κ2) is 3.75. The Balaban J connectivity index is 1.93. The van der Waals surface area contributed by atoms with Crippen LogP contribution in [0.1, 0.15) is 24.0 Å². The van der Waals surface area contributed by atoms with Crippen LogP contribution in [0, 0.1) is 0 Å². The first-order valence-corrected chi connectivity index (χ1v) is 5.84. The molecule has 1 fully saturated rings. The van der Waals surface area contributed by atoms with Crippen LogP contribution >= 0.6 is 0 Å². The highest BCUT2D eigenvalue weighted by atomic mass is 16.5. The minimum absolute atomic E-state index is 0.409. The van der Waals surface area contributed by atoms with E-state index in [4.69, 9.17) is 9.47 Å². The van der Waals surface area contributed by atoms with E-state index >= 15 is 0 Å². The molecule has 86 valence electrons. The van der Waals surface area contributed by atoms with Gasteiger partial charge in [-0.2, -0.15) is 0 Å². The molecule has 1 atom stereocenters. The monoisotopic (exact) mass is 220 g/mol. The van der Waals surface area contributed by atoms with E-state index in [0.29, 0.717) is 6.61 Å². The molecule has 1 unspecified atom stereocenters. The van der Waals surface area contributed by atoms with E-state index in [1.807, 2.05) is 12.1 Å². The molecule has 0 amide bonds. The van der Waals surface area contributed by atoms with Gasteiger partial charge in [-0.05, 0) is 36.1 Å². The van der Waals surface area contributed by atoms with E-state index in [1.54, 1.807) is 0 Å². The number of ether oxygens (including phenoxy) is 2. The maximum atomic E-state index is 10.5. The van der Waals surface area contributed by atoms with E-state index in [2.05, 4.69) is 6.07 Å². The molecule has 1 aromatic rings. The molecule has 0 aliphatic carbocycles. The molecule has 16 heavy (non-hydrogen) atoms. The summed E-state index contributed by atoms with van der Waals surface area (Å²) < 4.78 is 10.8. The maximum Gasteiger partial charge on any atom is 0.122 e. The van der Waals surface area contributed by atoms with Crippen molar-refractivity contribution in [1.29, 1.82) is 0 Å². The smallest absolute Gasteiger partial charge is 0.122 e. The fourth-order valence-electron chi connectivity index (χ4n) is 2.48. The highest BCUT2D eigenvalue weighted by Crippen LogP contribution is 2.34. The third kappa shape index (κ3) is 1.60. The molecule has 2 heterocycles. The lowest BCUT2D eigenvalue weighted by Gasteiger charge is -2.32. The second-order valence-electron chi connectivity index (χ2n) is 4.61. The molecule has 1 saturated heterocycles. The van der Waals surface area contributed by atoms with Crippen molar-refractivity contribution in [3.05, 3.63) is 29.3 Å². The van der Waals surface area contributed by atoms with Crippen LogP contribution in [0.15, 0.2) is 18.2 Å². The third-order valence-corrected chi connectivity index (χ3v) is 3.45. The summed E-state index contributed by atoms with van der Waals surface area (Å²) in [6.07, 6.45) is 2.65. The van der Waals surface area contributed by atoms with Crippen LogP contribution in [-0.2, 0) is 16.8 Å². The number of benzene rings is 1. The van der Waals surface area contributed by atoms with Crippen molar-refractivity contribution in [2.75, 3.05) is 19.8 Å². The first-order valence-electron chi connectivity index (χ1n) is 5.84. The lowest BCUT2D eigenvalue weighted by molar-refractivity contribution is -0.0903. The van der Waals surface area contributed by atoms with Crippen molar-refractivity contribution in [2.45, 2.75) is 24.9 Å². The molecular formula is C13H16O3. The summed E-state index contributed by atoms with van der Waals surface area (Å²) in [7, 11) is 0. The largest absolute Gasteiger partial charge is 0.493 e. The van der Waals surface area contributed by atoms with Crippen molar-refractivity contribution in [1.82, 2.24) is 0 Å². The Morgan fingerprint density at radius 2 is 2.19 bits per heavy atom. The van der Waals surface area contributed by atoms with Gasteiger partial charge in [0, 0.05) is 13.0 Å². The van der Waals surface area contributed by atoms with Gasteiger partial charge in [0.05, 0.1) is 13.2 Å². The molecule has 1 aromatic carbocycles. The summed E-state index contributed by atoms with van der Waals surface area (Å²) in [6.45, 7) is 1.93. The Labute approximate surface area is 95.0 Å². The lowest BCUT2D eigenvalue weighted by Crippen LogP contribution is -2.35. The maximum absolute atomic E-state index is 10.5. The van der Waals surface area contributed by atoms with Crippen molar-refractivity contribution < 1.29 is 14.6 Å². The normalized spacial score (nSPS) is 28.6. The average molecular weight is 220 g/mol. The van der Waals surface area contributed by atoms with Crippen LogP contribution in [0.5, 0.6) is 5.75 Å². The Morgan fingerprint density at radius 1 is 1.25 bits per heavy atom. The van der Waals surface area contributed by atoms with Gasteiger partial charge in [0.2, 0.25) is 0 Å². The SMILES string of the molecule is OC1(c2ccc3c(c2)CCO3)CCCOC1. The number of hydrogen-bond donors (Lipinski definition) is 1. The zero-order valence-electron chi connectivity index (χ0n) is 9.24. The molecule has 2 aliphatic rings. The molecular weight excluding hydrogens is 204 g/mol. The van der Waals surface area contributed by atoms with Gasteiger partial charge < -0.3 is 14.6 Å². The van der Waals surface area contributed by atoms with Crippen LogP contribution in [0.25, 0.3) is 0 Å². The molecule has 3 rings (SSSR count). The van der Waals surface area contributed by atoms with Gasteiger partial charge in [0.1, 0.15) is 11.4 Å². The standard InChI is InChI=1S/C13H16O3/c14-13(5-1-6-15-9-13)11-2-3-12-10(8-11)4-7-16-12/h2-3,8,14H,1,4-7,9H2. The molecule has 3 nitrogen and oxygen atoms in total. The summed E-state index contributed by atoms with van der Waals surface area (Å²) in [5, 5.41) is 10.5.